The third-order valence-electron chi connectivity index (χ3n) is 4.07. The van der Waals surface area contributed by atoms with Crippen LogP contribution in [0.25, 0.3) is 0 Å². The van der Waals surface area contributed by atoms with Gasteiger partial charge in [0.2, 0.25) is 0 Å². The number of fused-ring (bicyclic) bond motifs is 1. The van der Waals surface area contributed by atoms with Crippen molar-refractivity contribution in [3.63, 3.8) is 0 Å². The molecule has 3 unspecified atom stereocenters. The summed E-state index contributed by atoms with van der Waals surface area (Å²) in [5.41, 5.74) is 2.63. The van der Waals surface area contributed by atoms with E-state index < -0.39 is 10.8 Å². The van der Waals surface area contributed by atoms with Gasteiger partial charge >= 0.3 is 0 Å². The SMILES string of the molecule is CNC1c2ccccc2CCC1S(=O)c1cccc(Cl)c1. The summed E-state index contributed by atoms with van der Waals surface area (Å²) < 4.78 is 12.9. The van der Waals surface area contributed by atoms with Crippen molar-refractivity contribution < 1.29 is 4.21 Å². The average Bonchev–Trinajstić information content (AvgIpc) is 2.53. The van der Waals surface area contributed by atoms with Crippen molar-refractivity contribution in [3.8, 4) is 0 Å². The van der Waals surface area contributed by atoms with E-state index in [2.05, 4.69) is 23.5 Å². The molecular weight excluding hydrogens is 302 g/mol. The van der Waals surface area contributed by atoms with Crippen LogP contribution in [0.5, 0.6) is 0 Å². The Morgan fingerprint density at radius 1 is 1.19 bits per heavy atom. The van der Waals surface area contributed by atoms with E-state index in [1.54, 1.807) is 0 Å². The van der Waals surface area contributed by atoms with Crippen molar-refractivity contribution >= 4 is 22.4 Å². The first kappa shape index (κ1) is 14.8. The predicted molar refractivity (Wildman–Crippen MR) is 88.2 cm³/mol. The molecule has 1 N–H and O–H groups in total. The summed E-state index contributed by atoms with van der Waals surface area (Å²) in [5.74, 6) is 0. The third kappa shape index (κ3) is 2.91. The molecule has 3 atom stereocenters. The molecule has 4 heteroatoms. The maximum Gasteiger partial charge on any atom is 0.0592 e. The Labute approximate surface area is 133 Å². The summed E-state index contributed by atoms with van der Waals surface area (Å²) in [6.45, 7) is 0. The minimum Gasteiger partial charge on any atom is -0.312 e. The molecule has 0 amide bonds. The highest BCUT2D eigenvalue weighted by Gasteiger charge is 2.33. The average molecular weight is 320 g/mol. The first-order valence-corrected chi connectivity index (χ1v) is 8.71. The van der Waals surface area contributed by atoms with Gasteiger partial charge in [-0.15, -0.1) is 0 Å². The first-order chi connectivity index (χ1) is 10.2. The lowest BCUT2D eigenvalue weighted by Crippen LogP contribution is -2.36. The molecule has 2 aromatic rings. The van der Waals surface area contributed by atoms with Gasteiger partial charge in [-0.2, -0.15) is 0 Å². The molecule has 0 saturated carbocycles. The quantitative estimate of drug-likeness (QED) is 0.934. The monoisotopic (exact) mass is 319 g/mol. The van der Waals surface area contributed by atoms with Crippen molar-refractivity contribution in [1.82, 2.24) is 5.32 Å². The summed E-state index contributed by atoms with van der Waals surface area (Å²) in [7, 11) is 0.875. The minimum atomic E-state index is -1.06. The topological polar surface area (TPSA) is 29.1 Å². The Morgan fingerprint density at radius 3 is 2.76 bits per heavy atom. The van der Waals surface area contributed by atoms with Gasteiger partial charge in [0, 0.05) is 16.0 Å². The number of benzene rings is 2. The van der Waals surface area contributed by atoms with Crippen LogP contribution in [0.3, 0.4) is 0 Å². The van der Waals surface area contributed by atoms with Crippen LogP contribution in [-0.2, 0) is 17.2 Å². The van der Waals surface area contributed by atoms with Gasteiger partial charge < -0.3 is 5.32 Å². The van der Waals surface area contributed by atoms with Crippen molar-refractivity contribution in [3.05, 3.63) is 64.7 Å². The molecule has 110 valence electrons. The molecule has 2 aromatic carbocycles. The maximum atomic E-state index is 12.9. The fourth-order valence-corrected chi connectivity index (χ4v) is 4.99. The van der Waals surface area contributed by atoms with Crippen molar-refractivity contribution in [1.29, 1.82) is 0 Å². The molecule has 0 saturated heterocycles. The van der Waals surface area contributed by atoms with E-state index >= 15 is 0 Å². The van der Waals surface area contributed by atoms with Crippen LogP contribution in [-0.4, -0.2) is 16.5 Å². The molecule has 0 aliphatic heterocycles. The van der Waals surface area contributed by atoms with Gasteiger partial charge in [-0.3, -0.25) is 4.21 Å². The van der Waals surface area contributed by atoms with E-state index in [0.29, 0.717) is 5.02 Å². The van der Waals surface area contributed by atoms with Crippen molar-refractivity contribution in [2.45, 2.75) is 29.0 Å². The highest BCUT2D eigenvalue weighted by molar-refractivity contribution is 7.85. The zero-order chi connectivity index (χ0) is 14.8. The molecule has 21 heavy (non-hydrogen) atoms. The van der Waals surface area contributed by atoms with E-state index in [4.69, 9.17) is 11.6 Å². The second kappa shape index (κ2) is 6.30. The molecule has 3 rings (SSSR count). The Bertz CT molecular complexity index is 673. The summed E-state index contributed by atoms with van der Waals surface area (Å²) >= 11 is 6.03. The molecule has 0 radical (unpaired) electrons. The molecule has 1 aliphatic carbocycles. The van der Waals surface area contributed by atoms with Crippen LogP contribution in [0.1, 0.15) is 23.6 Å². The largest absolute Gasteiger partial charge is 0.312 e. The number of rotatable bonds is 3. The van der Waals surface area contributed by atoms with Gasteiger partial charge in [-0.25, -0.2) is 0 Å². The van der Waals surface area contributed by atoms with Gasteiger partial charge in [-0.1, -0.05) is 41.9 Å². The van der Waals surface area contributed by atoms with Crippen LogP contribution in [0.2, 0.25) is 5.02 Å². The lowest BCUT2D eigenvalue weighted by atomic mass is 9.87. The second-order valence-electron chi connectivity index (χ2n) is 5.30. The molecule has 0 aromatic heterocycles. The highest BCUT2D eigenvalue weighted by Crippen LogP contribution is 2.34. The Balaban J connectivity index is 1.94. The zero-order valence-corrected chi connectivity index (χ0v) is 13.5. The van der Waals surface area contributed by atoms with E-state index in [-0.39, 0.29) is 11.3 Å². The van der Waals surface area contributed by atoms with Gasteiger partial charge in [-0.05, 0) is 49.2 Å². The third-order valence-corrected chi connectivity index (χ3v) is 6.09. The molecule has 0 heterocycles. The van der Waals surface area contributed by atoms with Crippen molar-refractivity contribution in [2.75, 3.05) is 7.05 Å². The van der Waals surface area contributed by atoms with Crippen LogP contribution in [0, 0.1) is 0 Å². The van der Waals surface area contributed by atoms with E-state index in [1.807, 2.05) is 37.4 Å². The second-order valence-corrected chi connectivity index (χ2v) is 7.41. The zero-order valence-electron chi connectivity index (χ0n) is 11.9. The van der Waals surface area contributed by atoms with E-state index in [0.717, 1.165) is 17.7 Å². The van der Waals surface area contributed by atoms with Gasteiger partial charge in [0.05, 0.1) is 16.0 Å². The summed E-state index contributed by atoms with van der Waals surface area (Å²) in [6.07, 6.45) is 1.90. The lowest BCUT2D eigenvalue weighted by Gasteiger charge is -2.32. The molecule has 2 nitrogen and oxygen atoms in total. The molecule has 0 bridgehead atoms. The van der Waals surface area contributed by atoms with E-state index in [1.165, 1.54) is 11.1 Å². The fraction of sp³-hybridized carbons (Fsp3) is 0.294. The van der Waals surface area contributed by atoms with Crippen LogP contribution in [0.4, 0.5) is 0 Å². The maximum absolute atomic E-state index is 12.9. The molecule has 1 aliphatic rings. The Hall–Kier alpha value is -1.16. The number of hydrogen-bond acceptors (Lipinski definition) is 2. The Kier molecular flexibility index (Phi) is 4.43. The molecule has 0 spiro atoms. The number of hydrogen-bond donors (Lipinski definition) is 1. The standard InChI is InChI=1S/C17H18ClNOS/c1-19-17-15-8-3-2-5-12(15)9-10-16(17)21(20)14-7-4-6-13(18)11-14/h2-8,11,16-17,19H,9-10H2,1H3. The van der Waals surface area contributed by atoms with Gasteiger partial charge in [0.25, 0.3) is 0 Å². The number of halogens is 1. The Morgan fingerprint density at radius 2 is 2.00 bits per heavy atom. The smallest absolute Gasteiger partial charge is 0.0592 e. The molecular formula is C17H18ClNOS. The van der Waals surface area contributed by atoms with E-state index in [9.17, 15) is 4.21 Å². The summed E-state index contributed by atoms with van der Waals surface area (Å²) in [4.78, 5) is 0.812. The normalized spacial score (nSPS) is 22.6. The van der Waals surface area contributed by atoms with Crippen molar-refractivity contribution in [2.24, 2.45) is 0 Å². The first-order valence-electron chi connectivity index (χ1n) is 7.12. The predicted octanol–water partition coefficient (Wildman–Crippen LogP) is 3.72. The van der Waals surface area contributed by atoms with Gasteiger partial charge in [0.1, 0.15) is 0 Å². The fourth-order valence-electron chi connectivity index (χ4n) is 3.07. The van der Waals surface area contributed by atoms with Crippen LogP contribution >= 0.6 is 11.6 Å². The molecule has 0 fully saturated rings. The number of nitrogens with one attached hydrogen (secondary N) is 1. The van der Waals surface area contributed by atoms with Crippen LogP contribution < -0.4 is 5.32 Å². The lowest BCUT2D eigenvalue weighted by molar-refractivity contribution is 0.497. The minimum absolute atomic E-state index is 0.0726. The summed E-state index contributed by atoms with van der Waals surface area (Å²) in [5, 5.41) is 4.06. The number of aryl methyl sites for hydroxylation is 1. The van der Waals surface area contributed by atoms with Gasteiger partial charge in [0.15, 0.2) is 0 Å². The van der Waals surface area contributed by atoms with Crippen LogP contribution in [0.15, 0.2) is 53.4 Å². The highest BCUT2D eigenvalue weighted by atomic mass is 35.5. The summed E-state index contributed by atoms with van der Waals surface area (Å²) in [6, 6.07) is 15.9.